The van der Waals surface area contributed by atoms with Crippen molar-refractivity contribution in [2.45, 2.75) is 19.1 Å². The van der Waals surface area contributed by atoms with Crippen molar-refractivity contribution >= 4 is 17.5 Å². The van der Waals surface area contributed by atoms with E-state index in [2.05, 4.69) is 5.32 Å². The van der Waals surface area contributed by atoms with Crippen molar-refractivity contribution in [2.24, 2.45) is 0 Å². The molecule has 2 amide bonds. The van der Waals surface area contributed by atoms with Gasteiger partial charge in [0.1, 0.15) is 6.04 Å². The first kappa shape index (κ1) is 18.5. The van der Waals surface area contributed by atoms with Gasteiger partial charge in [0, 0.05) is 45.9 Å². The lowest BCUT2D eigenvalue weighted by atomic mass is 10.1. The zero-order valence-electron chi connectivity index (χ0n) is 15.6. The highest BCUT2D eigenvalue weighted by atomic mass is 19.4. The maximum Gasteiger partial charge on any atom is 0.416 e. The highest BCUT2D eigenvalue weighted by Gasteiger charge is 2.32. The number of methoxy groups -OCH3 is 1. The minimum atomic E-state index is -4.59. The van der Waals surface area contributed by atoms with Gasteiger partial charge in [0.2, 0.25) is 11.8 Å². The Bertz CT molecular complexity index is 692. The molecule has 1 aromatic carbocycles. The van der Waals surface area contributed by atoms with Crippen LogP contribution in [0.4, 0.5) is 18.9 Å². The molecule has 1 aliphatic heterocycles. The molecule has 144 valence electrons. The third kappa shape index (κ3) is 5.10. The highest BCUT2D eigenvalue weighted by molar-refractivity contribution is 5.87. The van der Waals surface area contributed by atoms with Crippen molar-refractivity contribution in [1.82, 2.24) is 10.2 Å². The van der Waals surface area contributed by atoms with Crippen LogP contribution >= 0.6 is 0 Å². The Morgan fingerprint density at radius 3 is 2.54 bits per heavy atom. The van der Waals surface area contributed by atoms with Crippen LogP contribution in [0.2, 0.25) is 0 Å². The van der Waals surface area contributed by atoms with Gasteiger partial charge in [-0.1, -0.05) is 6.07 Å². The van der Waals surface area contributed by atoms with Crippen LogP contribution in [-0.4, -0.2) is 62.7 Å². The van der Waals surface area contributed by atoms with E-state index in [1.54, 1.807) is 9.80 Å². The number of carbonyl (C=O) groups excluding carboxylic acids is 2. The molecular weight excluding hydrogens is 351 g/mol. The Kier molecular flexibility index (Phi) is 5.97. The Hall–Kier alpha value is -2.29. The highest BCUT2D eigenvalue weighted by Crippen LogP contribution is 2.31. The Balaban J connectivity index is 2.04. The van der Waals surface area contributed by atoms with Gasteiger partial charge in [0.05, 0.1) is 13.5 Å². The second-order valence-electron chi connectivity index (χ2n) is 5.98. The predicted octanol–water partition coefficient (Wildman–Crippen LogP) is 1.51. The van der Waals surface area contributed by atoms with E-state index in [9.17, 15) is 22.8 Å². The van der Waals surface area contributed by atoms with Crippen molar-refractivity contribution in [2.75, 3.05) is 44.8 Å². The number of nitrogens with zero attached hydrogens (tertiary/aromatic N) is 2. The van der Waals surface area contributed by atoms with Crippen LogP contribution in [0.3, 0.4) is 0 Å². The lowest BCUT2D eigenvalue weighted by Crippen LogP contribution is -2.56. The maximum atomic E-state index is 13.0. The molecule has 0 aromatic heterocycles. The van der Waals surface area contributed by atoms with Crippen molar-refractivity contribution in [3.8, 4) is 0 Å². The molecule has 1 aromatic rings. The van der Waals surface area contributed by atoms with E-state index in [0.717, 1.165) is 12.1 Å². The summed E-state index contributed by atoms with van der Waals surface area (Å²) < 4.78 is 51.4. The largest absolute Gasteiger partial charge is 0.416 e. The summed E-state index contributed by atoms with van der Waals surface area (Å²) >= 11 is 0. The molecule has 1 heterocycles. The van der Waals surface area contributed by atoms with Crippen molar-refractivity contribution in [3.63, 3.8) is 0 Å². The molecule has 9 heteroatoms. The fraction of sp³-hybridized carbons (Fsp3) is 0.529. The third-order valence-corrected chi connectivity index (χ3v) is 4.06. The summed E-state index contributed by atoms with van der Waals surface area (Å²) in [6, 6.07) is 2.20. The summed E-state index contributed by atoms with van der Waals surface area (Å²) in [6.45, 7) is 2.66. The van der Waals surface area contributed by atoms with E-state index in [-0.39, 0.29) is 18.4 Å². The zero-order chi connectivity index (χ0) is 20.2. The van der Waals surface area contributed by atoms with Crippen LogP contribution in [0.1, 0.15) is 13.9 Å². The summed E-state index contributed by atoms with van der Waals surface area (Å²) in [7, 11) is 1.42. The third-order valence-electron chi connectivity index (χ3n) is 4.06. The molecule has 1 N–H and O–H groups in total. The molecule has 1 saturated heterocycles. The first-order chi connectivity index (χ1) is 12.6. The number of rotatable bonds is 5. The molecule has 0 saturated carbocycles. The number of ether oxygens (including phenoxy) is 1. The van der Waals surface area contributed by atoms with E-state index in [1.807, 2.05) is 0 Å². The van der Waals surface area contributed by atoms with Gasteiger partial charge in [-0.25, -0.2) is 0 Å². The van der Waals surface area contributed by atoms with Gasteiger partial charge in [-0.15, -0.1) is 0 Å². The quantitative estimate of drug-likeness (QED) is 0.849. The average Bonchev–Trinajstić information content (AvgIpc) is 2.60. The molecule has 0 unspecified atom stereocenters. The Morgan fingerprint density at radius 2 is 2.00 bits per heavy atom. The van der Waals surface area contributed by atoms with E-state index >= 15 is 0 Å². The van der Waals surface area contributed by atoms with Crippen LogP contribution in [0.5, 0.6) is 0 Å². The number of piperazine rings is 1. The smallest absolute Gasteiger partial charge is 0.382 e. The summed E-state index contributed by atoms with van der Waals surface area (Å²) in [4.78, 5) is 27.1. The monoisotopic (exact) mass is 374 g/mol. The minimum Gasteiger partial charge on any atom is -0.382 e. The molecule has 0 bridgehead atoms. The van der Waals surface area contributed by atoms with E-state index in [0.29, 0.717) is 31.9 Å². The number of hydrogen-bond donors (Lipinski definition) is 1. The molecule has 1 atom stereocenters. The fourth-order valence-corrected chi connectivity index (χ4v) is 2.81. The molecule has 0 radical (unpaired) electrons. The number of nitrogens with one attached hydrogen (secondary N) is 1. The second kappa shape index (κ2) is 8.39. The van der Waals surface area contributed by atoms with Crippen LogP contribution in [-0.2, 0) is 20.5 Å². The van der Waals surface area contributed by atoms with Crippen LogP contribution < -0.4 is 10.2 Å². The van der Waals surface area contributed by atoms with Gasteiger partial charge in [-0.3, -0.25) is 9.59 Å². The minimum absolute atomic E-state index is 0.0402. The zero-order valence-corrected chi connectivity index (χ0v) is 14.6. The molecule has 6 nitrogen and oxygen atoms in total. The topological polar surface area (TPSA) is 61.9 Å². The molecule has 1 fully saturated rings. The number of carbonyl (C=O) groups is 2. The first-order valence-electron chi connectivity index (χ1n) is 8.61. The Labute approximate surface area is 151 Å². The maximum absolute atomic E-state index is 13.0. The molecule has 2 rings (SSSR count). The van der Waals surface area contributed by atoms with E-state index in [1.165, 1.54) is 20.1 Å². The lowest BCUT2D eigenvalue weighted by Gasteiger charge is -2.37. The number of anilines is 1. The second-order valence-corrected chi connectivity index (χ2v) is 5.98. The first-order valence-corrected chi connectivity index (χ1v) is 8.11. The normalized spacial score (nSPS) is 16.9. The number of alkyl halides is 3. The number of halogens is 3. The van der Waals surface area contributed by atoms with Crippen LogP contribution in [0.15, 0.2) is 24.2 Å². The number of amides is 2. The molecule has 1 aliphatic rings. The fourth-order valence-electron chi connectivity index (χ4n) is 2.81. The SMILES string of the molecule is [2H]c1ccc(N2CCN(C(=O)[C@H](COC)NC(C)=O)CC2)cc1C(F)(F)F. The molecular formula is C17H22F3N3O3. The van der Waals surface area contributed by atoms with Gasteiger partial charge in [0.15, 0.2) is 0 Å². The molecule has 26 heavy (non-hydrogen) atoms. The van der Waals surface area contributed by atoms with Crippen molar-refractivity contribution < 1.29 is 28.9 Å². The summed E-state index contributed by atoms with van der Waals surface area (Å²) in [5.74, 6) is -0.636. The van der Waals surface area contributed by atoms with Gasteiger partial charge in [-0.05, 0) is 18.2 Å². The summed E-state index contributed by atoms with van der Waals surface area (Å²) in [5, 5.41) is 2.54. The van der Waals surface area contributed by atoms with Gasteiger partial charge in [-0.2, -0.15) is 13.2 Å². The predicted molar refractivity (Wildman–Crippen MR) is 89.7 cm³/mol. The molecule has 0 spiro atoms. The number of benzene rings is 1. The number of hydrogen-bond acceptors (Lipinski definition) is 4. The van der Waals surface area contributed by atoms with Gasteiger partial charge >= 0.3 is 6.18 Å². The summed E-state index contributed by atoms with van der Waals surface area (Å²) in [5.41, 5.74) is -0.620. The van der Waals surface area contributed by atoms with Crippen molar-refractivity contribution in [1.29, 1.82) is 0 Å². The van der Waals surface area contributed by atoms with E-state index < -0.39 is 23.8 Å². The molecule has 0 aliphatic carbocycles. The van der Waals surface area contributed by atoms with Crippen molar-refractivity contribution in [3.05, 3.63) is 29.8 Å². The van der Waals surface area contributed by atoms with E-state index in [4.69, 9.17) is 6.11 Å². The standard InChI is InChI=1S/C17H22F3N3O3/c1-12(24)21-15(11-26-2)16(25)23-8-6-22(7-9-23)14-5-3-4-13(10-14)17(18,19)20/h3-5,10,15H,6-9,11H2,1-2H3,(H,21,24)/t15-/m0/s1/i4D. The van der Waals surface area contributed by atoms with Gasteiger partial charge < -0.3 is 19.9 Å². The average molecular weight is 374 g/mol. The summed E-state index contributed by atoms with van der Waals surface area (Å²) in [6.07, 6.45) is -4.59. The Morgan fingerprint density at radius 1 is 1.35 bits per heavy atom. The van der Waals surface area contributed by atoms with Crippen LogP contribution in [0, 0.1) is 0 Å². The lowest BCUT2D eigenvalue weighted by molar-refractivity contribution is -0.137. The van der Waals surface area contributed by atoms with Crippen LogP contribution in [0.25, 0.3) is 0 Å². The van der Waals surface area contributed by atoms with Gasteiger partial charge in [0.25, 0.3) is 0 Å².